The van der Waals surface area contributed by atoms with E-state index in [1.54, 1.807) is 6.07 Å². The first-order valence-corrected chi connectivity index (χ1v) is 13.5. The van der Waals surface area contributed by atoms with Crippen molar-refractivity contribution in [2.45, 2.75) is 52.9 Å². The number of rotatable bonds is 13. The third-order valence-corrected chi connectivity index (χ3v) is 8.34. The molecule has 0 heterocycles. The largest absolute Gasteiger partial charge is 0.450 e. The second kappa shape index (κ2) is 12.2. The van der Waals surface area contributed by atoms with Crippen LogP contribution in [0.5, 0.6) is 0 Å². The summed E-state index contributed by atoms with van der Waals surface area (Å²) in [6, 6.07) is 7.48. The van der Waals surface area contributed by atoms with Crippen LogP contribution in [0.25, 0.3) is 5.57 Å². The SMILES string of the molecule is C=C(OC[N+](C)(C/C=C(\C)c1cccc(C(C)=O)c1)CCCC(P=O)P(=O)(O)O)C(C)(C)C. The minimum absolute atomic E-state index is 0.0108. The van der Waals surface area contributed by atoms with Gasteiger partial charge < -0.3 is 14.5 Å². The molecule has 0 radical (unpaired) electrons. The number of Topliss-reactive ketones (excluding diaryl/α,β-unsaturated/α-hetero) is 1. The maximum atomic E-state index is 11.7. The van der Waals surface area contributed by atoms with E-state index >= 15 is 0 Å². The number of quaternary nitrogens is 1. The summed E-state index contributed by atoms with van der Waals surface area (Å²) in [5.41, 5.74) is 2.42. The molecule has 0 aromatic heterocycles. The number of carbonyl (C=O) groups excluding carboxylic acids is 1. The number of hydrogen-bond acceptors (Lipinski definition) is 4. The monoisotopic (exact) mass is 498 g/mol. The molecule has 1 aromatic carbocycles. The summed E-state index contributed by atoms with van der Waals surface area (Å²) in [6.45, 7) is 15.1. The summed E-state index contributed by atoms with van der Waals surface area (Å²) in [4.78, 5) is 30.4. The highest BCUT2D eigenvalue weighted by Gasteiger charge is 2.31. The van der Waals surface area contributed by atoms with Crippen LogP contribution in [0.1, 0.15) is 63.4 Å². The van der Waals surface area contributed by atoms with Crippen molar-refractivity contribution in [3.05, 3.63) is 53.8 Å². The molecule has 0 fully saturated rings. The molecule has 1 rings (SSSR count). The van der Waals surface area contributed by atoms with Crippen molar-refractivity contribution < 1.29 is 32.9 Å². The van der Waals surface area contributed by atoms with Gasteiger partial charge >= 0.3 is 7.60 Å². The second-order valence-corrected chi connectivity index (χ2v) is 12.9. The van der Waals surface area contributed by atoms with E-state index in [1.807, 2.05) is 52.9 Å². The zero-order chi connectivity index (χ0) is 25.4. The van der Waals surface area contributed by atoms with Gasteiger partial charge in [-0.2, -0.15) is 0 Å². The number of benzene rings is 1. The lowest BCUT2D eigenvalue weighted by Crippen LogP contribution is -2.47. The van der Waals surface area contributed by atoms with Gasteiger partial charge in [-0.3, -0.25) is 18.4 Å². The molecule has 2 N–H and O–H groups in total. The zero-order valence-corrected chi connectivity index (χ0v) is 22.4. The Kier molecular flexibility index (Phi) is 10.9. The van der Waals surface area contributed by atoms with E-state index in [0.717, 1.165) is 11.1 Å². The lowest BCUT2D eigenvalue weighted by molar-refractivity contribution is -0.921. The van der Waals surface area contributed by atoms with Crippen molar-refractivity contribution in [1.82, 2.24) is 0 Å². The predicted molar refractivity (Wildman–Crippen MR) is 133 cm³/mol. The zero-order valence-electron chi connectivity index (χ0n) is 20.6. The lowest BCUT2D eigenvalue weighted by atomic mass is 9.95. The highest BCUT2D eigenvalue weighted by Crippen LogP contribution is 2.48. The fourth-order valence-electron chi connectivity index (χ4n) is 3.06. The topological polar surface area (TPSA) is 101 Å². The molecule has 0 aliphatic carbocycles. The first-order valence-electron chi connectivity index (χ1n) is 10.9. The molecule has 0 aliphatic rings. The minimum Gasteiger partial charge on any atom is -0.450 e. The third-order valence-electron chi connectivity index (χ3n) is 5.62. The molecule has 7 nitrogen and oxygen atoms in total. The Balaban J connectivity index is 3.03. The van der Waals surface area contributed by atoms with E-state index in [4.69, 9.17) is 4.74 Å². The number of nitrogens with zero attached hydrogens (tertiary/aromatic N) is 1. The Morgan fingerprint density at radius 3 is 2.39 bits per heavy atom. The maximum absolute atomic E-state index is 11.7. The van der Waals surface area contributed by atoms with Gasteiger partial charge in [-0.15, -0.1) is 0 Å². The molecule has 0 saturated carbocycles. The number of hydrogen-bond donors (Lipinski definition) is 2. The van der Waals surface area contributed by atoms with Gasteiger partial charge in [-0.25, -0.2) is 0 Å². The van der Waals surface area contributed by atoms with Crippen LogP contribution in [0.15, 0.2) is 42.7 Å². The minimum atomic E-state index is -4.41. The van der Waals surface area contributed by atoms with Gasteiger partial charge in [0.1, 0.15) is 17.7 Å². The Bertz CT molecular complexity index is 931. The number of ketones is 1. The number of carbonyl (C=O) groups is 1. The van der Waals surface area contributed by atoms with Gasteiger partial charge in [-0.1, -0.05) is 45.5 Å². The number of ether oxygens (including phenoxy) is 1. The fourth-order valence-corrected chi connectivity index (χ4v) is 4.35. The lowest BCUT2D eigenvalue weighted by Gasteiger charge is -2.35. The van der Waals surface area contributed by atoms with E-state index in [2.05, 4.69) is 12.7 Å². The van der Waals surface area contributed by atoms with Crippen molar-refractivity contribution in [3.8, 4) is 0 Å². The molecule has 2 atom stereocenters. The quantitative estimate of drug-likeness (QED) is 0.116. The molecule has 33 heavy (non-hydrogen) atoms. The van der Waals surface area contributed by atoms with Crippen LogP contribution in [0.4, 0.5) is 0 Å². The Hall–Kier alpha value is -1.62. The highest BCUT2D eigenvalue weighted by atomic mass is 31.2. The summed E-state index contributed by atoms with van der Waals surface area (Å²) >= 11 is 0. The van der Waals surface area contributed by atoms with Gasteiger partial charge in [0.15, 0.2) is 14.2 Å². The standard InChI is InChI=1S/C24H37NO6P2/c1-18(21-10-8-11-22(16-21)19(2)26)13-15-25(7,17-31-20(3)24(4,5)6)14-9-12-23(32-27)33(28,29)30/h8,10-11,13,16,23H,3,9,12,14-15,17H2,1-2,4-7H3,(H-,28,29,30)/p+1/b18-13+. The van der Waals surface area contributed by atoms with E-state index < -0.39 is 21.5 Å². The molecular weight excluding hydrogens is 460 g/mol. The smallest absolute Gasteiger partial charge is 0.340 e. The number of allylic oxidation sites excluding steroid dienone is 2. The highest BCUT2D eigenvalue weighted by molar-refractivity contribution is 7.61. The van der Waals surface area contributed by atoms with Crippen LogP contribution in [0.3, 0.4) is 0 Å². The van der Waals surface area contributed by atoms with Crippen LogP contribution < -0.4 is 0 Å². The molecular formula is C24H38NO6P2+. The van der Waals surface area contributed by atoms with Crippen molar-refractivity contribution in [2.75, 3.05) is 26.9 Å². The van der Waals surface area contributed by atoms with Crippen molar-refractivity contribution in [3.63, 3.8) is 0 Å². The molecule has 184 valence electrons. The molecule has 0 aliphatic heterocycles. The number of likely N-dealkylation sites (N-methyl/N-ethyl adjacent to an activating group) is 1. The normalized spacial score (nSPS) is 15.7. The molecule has 9 heteroatoms. The van der Waals surface area contributed by atoms with Crippen molar-refractivity contribution in [2.24, 2.45) is 5.41 Å². The van der Waals surface area contributed by atoms with Crippen molar-refractivity contribution >= 4 is 27.4 Å². The summed E-state index contributed by atoms with van der Waals surface area (Å²) in [5, 5.41) is -1.19. The summed E-state index contributed by atoms with van der Waals surface area (Å²) in [6.07, 6.45) is 2.70. The average Bonchev–Trinajstić information content (AvgIpc) is 2.72. The van der Waals surface area contributed by atoms with Crippen LogP contribution in [-0.4, -0.2) is 52.3 Å². The molecule has 1 aromatic rings. The molecule has 0 spiro atoms. The Morgan fingerprint density at radius 1 is 1.27 bits per heavy atom. The Labute approximate surface area is 199 Å². The fraction of sp³-hybridized carbons (Fsp3) is 0.542. The van der Waals surface area contributed by atoms with E-state index in [-0.39, 0.29) is 17.6 Å². The van der Waals surface area contributed by atoms with Gasteiger partial charge in [0.05, 0.1) is 13.6 Å². The van der Waals surface area contributed by atoms with E-state index in [1.165, 1.54) is 6.92 Å². The molecule has 0 saturated heterocycles. The summed E-state index contributed by atoms with van der Waals surface area (Å²) < 4.78 is 29.2. The molecule has 2 unspecified atom stereocenters. The van der Waals surface area contributed by atoms with Crippen LogP contribution in [0.2, 0.25) is 0 Å². The van der Waals surface area contributed by atoms with Gasteiger partial charge in [0.2, 0.25) is 6.73 Å². The second-order valence-electron chi connectivity index (χ2n) is 9.81. The first kappa shape index (κ1) is 29.4. The Morgan fingerprint density at radius 2 is 1.88 bits per heavy atom. The summed E-state index contributed by atoms with van der Waals surface area (Å²) in [5.74, 6) is 0.671. The first-order chi connectivity index (χ1) is 15.1. The van der Waals surface area contributed by atoms with E-state index in [9.17, 15) is 23.7 Å². The van der Waals surface area contributed by atoms with E-state index in [0.29, 0.717) is 42.0 Å². The average molecular weight is 499 g/mol. The van der Waals surface area contributed by atoms with Gasteiger partial charge in [0, 0.05) is 11.0 Å². The maximum Gasteiger partial charge on any atom is 0.340 e. The molecule has 0 amide bonds. The van der Waals surface area contributed by atoms with Crippen LogP contribution in [-0.2, 0) is 13.9 Å². The van der Waals surface area contributed by atoms with Gasteiger partial charge in [-0.05, 0) is 50.0 Å². The van der Waals surface area contributed by atoms with Crippen molar-refractivity contribution in [1.29, 1.82) is 0 Å². The summed E-state index contributed by atoms with van der Waals surface area (Å²) in [7, 11) is -2.95. The molecule has 0 bridgehead atoms. The predicted octanol–water partition coefficient (Wildman–Crippen LogP) is 5.85. The van der Waals surface area contributed by atoms with Crippen LogP contribution in [0, 0.1) is 5.41 Å². The van der Waals surface area contributed by atoms with Gasteiger partial charge in [0.25, 0.3) is 0 Å². The third kappa shape index (κ3) is 10.0. The van der Waals surface area contributed by atoms with Crippen LogP contribution >= 0.6 is 16.1 Å².